The standard InChI is InChI=1S/C31H27F2N7O2/c1-18-17-40(19(2)16-39(18)25-15-27(41)38(4)24-13-14-26(34-3)35-28(24)25)29(20-5-9-22(32)10-6-20)31-36-30(37-42-31)21-7-11-23(33)12-8-21/h5-15,18-19,29H,16-17H2,1-2,4H3/t18-,19+,29?/m0/s1. The van der Waals surface area contributed by atoms with Crippen molar-refractivity contribution in [2.24, 2.45) is 7.05 Å². The summed E-state index contributed by atoms with van der Waals surface area (Å²) in [6, 6.07) is 16.3. The molecule has 212 valence electrons. The molecule has 0 spiro atoms. The number of aromatic nitrogens is 4. The number of halogens is 2. The lowest BCUT2D eigenvalue weighted by Gasteiger charge is -2.47. The van der Waals surface area contributed by atoms with Gasteiger partial charge in [0.1, 0.15) is 17.7 Å². The molecule has 1 saturated heterocycles. The summed E-state index contributed by atoms with van der Waals surface area (Å²) >= 11 is 0. The van der Waals surface area contributed by atoms with E-state index in [2.05, 4.69) is 43.6 Å². The first-order chi connectivity index (χ1) is 20.2. The SMILES string of the molecule is [C-]#[N+]c1ccc2c(n1)c(N1C[C@@H](C)N(C(c3ccc(F)cc3)c3nc(-c4ccc(F)cc4)no3)C[C@@H]1C)cc(=O)n2C. The molecular weight excluding hydrogens is 540 g/mol. The number of piperazine rings is 1. The highest BCUT2D eigenvalue weighted by atomic mass is 19.1. The second-order valence-electron chi connectivity index (χ2n) is 10.5. The smallest absolute Gasteiger partial charge is 0.270 e. The molecule has 11 heteroatoms. The van der Waals surface area contributed by atoms with E-state index < -0.39 is 6.04 Å². The Morgan fingerprint density at radius 3 is 2.33 bits per heavy atom. The van der Waals surface area contributed by atoms with Crippen LogP contribution in [-0.2, 0) is 7.05 Å². The van der Waals surface area contributed by atoms with Gasteiger partial charge < -0.3 is 18.8 Å². The fourth-order valence-electron chi connectivity index (χ4n) is 5.61. The lowest BCUT2D eigenvalue weighted by atomic mass is 9.98. The van der Waals surface area contributed by atoms with Crippen molar-refractivity contribution in [2.45, 2.75) is 32.0 Å². The number of anilines is 1. The van der Waals surface area contributed by atoms with E-state index in [-0.39, 0.29) is 35.1 Å². The monoisotopic (exact) mass is 567 g/mol. The van der Waals surface area contributed by atoms with Gasteiger partial charge in [-0.3, -0.25) is 9.69 Å². The number of nitrogens with zero attached hydrogens (tertiary/aromatic N) is 7. The second-order valence-corrected chi connectivity index (χ2v) is 10.5. The van der Waals surface area contributed by atoms with Crippen LogP contribution in [0.4, 0.5) is 20.3 Å². The van der Waals surface area contributed by atoms with Crippen molar-refractivity contribution in [1.29, 1.82) is 0 Å². The van der Waals surface area contributed by atoms with Gasteiger partial charge in [0.25, 0.3) is 11.4 Å². The van der Waals surface area contributed by atoms with Crippen LogP contribution < -0.4 is 10.5 Å². The molecule has 1 aliphatic rings. The Labute approximate surface area is 240 Å². The number of pyridine rings is 2. The van der Waals surface area contributed by atoms with Crippen LogP contribution in [0, 0.1) is 18.2 Å². The first kappa shape index (κ1) is 27.2. The summed E-state index contributed by atoms with van der Waals surface area (Å²) in [4.78, 5) is 30.0. The number of hydrogen-bond acceptors (Lipinski definition) is 7. The second kappa shape index (κ2) is 10.8. The van der Waals surface area contributed by atoms with E-state index in [1.54, 1.807) is 49.5 Å². The van der Waals surface area contributed by atoms with E-state index in [0.717, 1.165) is 5.56 Å². The molecule has 42 heavy (non-hydrogen) atoms. The fraction of sp³-hybridized carbons (Fsp3) is 0.258. The maximum absolute atomic E-state index is 13.9. The van der Waals surface area contributed by atoms with Gasteiger partial charge in [-0.1, -0.05) is 23.9 Å². The van der Waals surface area contributed by atoms with E-state index in [9.17, 15) is 13.6 Å². The maximum Gasteiger partial charge on any atom is 0.270 e. The number of benzene rings is 2. The number of aryl methyl sites for hydroxylation is 1. The van der Waals surface area contributed by atoms with Crippen molar-refractivity contribution in [3.8, 4) is 11.4 Å². The summed E-state index contributed by atoms with van der Waals surface area (Å²) in [6.07, 6.45) is 0. The highest BCUT2D eigenvalue weighted by molar-refractivity contribution is 5.89. The maximum atomic E-state index is 13.9. The van der Waals surface area contributed by atoms with Crippen molar-refractivity contribution in [1.82, 2.24) is 24.6 Å². The molecule has 4 heterocycles. The average Bonchev–Trinajstić information content (AvgIpc) is 3.47. The Morgan fingerprint density at radius 1 is 0.952 bits per heavy atom. The summed E-state index contributed by atoms with van der Waals surface area (Å²) in [7, 11) is 1.69. The third-order valence-electron chi connectivity index (χ3n) is 7.81. The van der Waals surface area contributed by atoms with Gasteiger partial charge in [0, 0.05) is 43.9 Å². The minimum Gasteiger partial charge on any atom is -0.362 e. The molecule has 0 radical (unpaired) electrons. The van der Waals surface area contributed by atoms with E-state index in [0.29, 0.717) is 47.1 Å². The van der Waals surface area contributed by atoms with Gasteiger partial charge in [-0.2, -0.15) is 4.98 Å². The summed E-state index contributed by atoms with van der Waals surface area (Å²) in [5, 5.41) is 4.16. The van der Waals surface area contributed by atoms with Crippen LogP contribution in [0.1, 0.15) is 31.3 Å². The molecule has 5 aromatic rings. The van der Waals surface area contributed by atoms with Crippen molar-refractivity contribution in [3.63, 3.8) is 0 Å². The molecule has 9 nitrogen and oxygen atoms in total. The van der Waals surface area contributed by atoms with Gasteiger partial charge in [0.15, 0.2) is 0 Å². The average molecular weight is 568 g/mol. The zero-order chi connectivity index (χ0) is 29.5. The van der Waals surface area contributed by atoms with Crippen molar-refractivity contribution < 1.29 is 13.3 Å². The van der Waals surface area contributed by atoms with Gasteiger partial charge in [0.05, 0.1) is 11.2 Å². The van der Waals surface area contributed by atoms with Crippen LogP contribution in [0.3, 0.4) is 0 Å². The lowest BCUT2D eigenvalue weighted by Crippen LogP contribution is -2.57. The fourth-order valence-corrected chi connectivity index (χ4v) is 5.61. The summed E-state index contributed by atoms with van der Waals surface area (Å²) < 4.78 is 34.7. The minimum absolute atomic E-state index is 0.0828. The highest BCUT2D eigenvalue weighted by Crippen LogP contribution is 2.36. The van der Waals surface area contributed by atoms with E-state index >= 15 is 0 Å². The lowest BCUT2D eigenvalue weighted by molar-refractivity contribution is 0.110. The quantitative estimate of drug-likeness (QED) is 0.259. The normalized spacial score (nSPS) is 18.2. The van der Waals surface area contributed by atoms with E-state index in [1.807, 2.05) is 0 Å². The molecule has 1 aliphatic heterocycles. The Kier molecular flexibility index (Phi) is 7.00. The highest BCUT2D eigenvalue weighted by Gasteiger charge is 2.38. The van der Waals surface area contributed by atoms with Gasteiger partial charge in [0.2, 0.25) is 17.2 Å². The Morgan fingerprint density at radius 2 is 1.64 bits per heavy atom. The zero-order valence-corrected chi connectivity index (χ0v) is 23.2. The first-order valence-electron chi connectivity index (χ1n) is 13.5. The molecule has 0 saturated carbocycles. The summed E-state index contributed by atoms with van der Waals surface area (Å²) in [5.41, 5.74) is 3.14. The Bertz CT molecular complexity index is 1860. The topological polar surface area (TPSA) is 84.7 Å². The molecule has 2 aromatic carbocycles. The molecule has 3 atom stereocenters. The van der Waals surface area contributed by atoms with Gasteiger partial charge >= 0.3 is 0 Å². The van der Waals surface area contributed by atoms with Crippen LogP contribution in [-0.4, -0.2) is 49.8 Å². The van der Waals surface area contributed by atoms with Crippen LogP contribution in [0.15, 0.2) is 76.0 Å². The van der Waals surface area contributed by atoms with Gasteiger partial charge in [-0.15, -0.1) is 4.98 Å². The molecule has 0 N–H and O–H groups in total. The van der Waals surface area contributed by atoms with Crippen molar-refractivity contribution >= 4 is 22.5 Å². The number of hydrogen-bond donors (Lipinski definition) is 0. The van der Waals surface area contributed by atoms with Crippen molar-refractivity contribution in [3.05, 3.63) is 112 Å². The molecular formula is C31H27F2N7O2. The van der Waals surface area contributed by atoms with Gasteiger partial charge in [-0.25, -0.2) is 8.78 Å². The molecule has 0 aliphatic carbocycles. The third-order valence-corrected chi connectivity index (χ3v) is 7.81. The predicted octanol–water partition coefficient (Wildman–Crippen LogP) is 5.50. The van der Waals surface area contributed by atoms with E-state index in [1.165, 1.54) is 28.8 Å². The largest absolute Gasteiger partial charge is 0.362 e. The predicted molar refractivity (Wildman–Crippen MR) is 154 cm³/mol. The zero-order valence-electron chi connectivity index (χ0n) is 23.2. The van der Waals surface area contributed by atoms with Crippen LogP contribution in [0.2, 0.25) is 0 Å². The molecule has 0 bridgehead atoms. The molecule has 1 unspecified atom stereocenters. The van der Waals surface area contributed by atoms with Crippen LogP contribution in [0.5, 0.6) is 0 Å². The molecule has 0 amide bonds. The molecule has 3 aromatic heterocycles. The van der Waals surface area contributed by atoms with Crippen molar-refractivity contribution in [2.75, 3.05) is 18.0 Å². The number of fused-ring (bicyclic) bond motifs is 1. The third kappa shape index (κ3) is 4.90. The van der Waals surface area contributed by atoms with E-state index in [4.69, 9.17) is 11.1 Å². The molecule has 6 rings (SSSR count). The summed E-state index contributed by atoms with van der Waals surface area (Å²) in [5.74, 6) is 0.189. The number of rotatable bonds is 5. The van der Waals surface area contributed by atoms with Crippen LogP contribution in [0.25, 0.3) is 27.3 Å². The first-order valence-corrected chi connectivity index (χ1v) is 13.5. The Balaban J connectivity index is 1.38. The minimum atomic E-state index is -0.487. The van der Waals surface area contributed by atoms with Crippen LogP contribution >= 0.6 is 0 Å². The summed E-state index contributed by atoms with van der Waals surface area (Å²) in [6.45, 7) is 12.6. The Hall–Kier alpha value is -4.95. The molecule has 1 fully saturated rings. The van der Waals surface area contributed by atoms with Gasteiger partial charge in [-0.05, 0) is 67.9 Å².